The highest BCUT2D eigenvalue weighted by Crippen LogP contribution is 2.29. The normalized spacial score (nSPS) is 14.0. The van der Waals surface area contributed by atoms with Crippen LogP contribution in [0.1, 0.15) is 23.2 Å². The van der Waals surface area contributed by atoms with Crippen LogP contribution in [0.2, 0.25) is 0 Å². The van der Waals surface area contributed by atoms with Crippen LogP contribution in [-0.2, 0) is 19.9 Å². The minimum absolute atomic E-state index is 0.886. The van der Waals surface area contributed by atoms with E-state index in [0.717, 1.165) is 18.7 Å². The molecular formula is C18H19N3. The van der Waals surface area contributed by atoms with Crippen molar-refractivity contribution in [3.05, 3.63) is 59.3 Å². The summed E-state index contributed by atoms with van der Waals surface area (Å²) in [5.74, 6) is 0. The van der Waals surface area contributed by atoms with Gasteiger partial charge in [-0.15, -0.1) is 0 Å². The first-order valence-corrected chi connectivity index (χ1v) is 7.58. The molecule has 106 valence electrons. The minimum Gasteiger partial charge on any atom is -0.385 e. The lowest BCUT2D eigenvalue weighted by Crippen LogP contribution is -2.13. The second-order valence-electron chi connectivity index (χ2n) is 5.75. The highest BCUT2D eigenvalue weighted by atomic mass is 15.3. The van der Waals surface area contributed by atoms with Crippen molar-refractivity contribution in [3.63, 3.8) is 0 Å². The van der Waals surface area contributed by atoms with Gasteiger partial charge in [0.05, 0.1) is 11.2 Å². The topological polar surface area (TPSA) is 29.9 Å². The Hall–Kier alpha value is -2.29. The molecule has 0 aliphatic carbocycles. The SMILES string of the molecule is Cn1nc(Cc2cccc3c2NCCC3)c2ccccc21. The molecule has 0 atom stereocenters. The molecule has 0 fully saturated rings. The third-order valence-electron chi connectivity index (χ3n) is 4.35. The molecule has 3 nitrogen and oxygen atoms in total. The number of para-hydroxylation sites is 2. The molecule has 0 bridgehead atoms. The first-order valence-electron chi connectivity index (χ1n) is 7.58. The predicted octanol–water partition coefficient (Wildman–Crippen LogP) is 3.52. The fourth-order valence-corrected chi connectivity index (χ4v) is 3.33. The summed E-state index contributed by atoms with van der Waals surface area (Å²) >= 11 is 0. The van der Waals surface area contributed by atoms with E-state index in [9.17, 15) is 0 Å². The average Bonchev–Trinajstić information content (AvgIpc) is 2.85. The molecule has 0 amide bonds. The maximum Gasteiger partial charge on any atom is 0.0747 e. The number of fused-ring (bicyclic) bond motifs is 2. The quantitative estimate of drug-likeness (QED) is 0.776. The van der Waals surface area contributed by atoms with Crippen molar-refractivity contribution in [2.24, 2.45) is 7.05 Å². The molecule has 2 aromatic carbocycles. The van der Waals surface area contributed by atoms with Crippen molar-refractivity contribution in [2.75, 3.05) is 11.9 Å². The van der Waals surface area contributed by atoms with E-state index in [4.69, 9.17) is 5.10 Å². The summed E-state index contributed by atoms with van der Waals surface area (Å²) in [4.78, 5) is 0. The number of nitrogens with one attached hydrogen (secondary N) is 1. The zero-order chi connectivity index (χ0) is 14.2. The number of rotatable bonds is 2. The second kappa shape index (κ2) is 4.92. The van der Waals surface area contributed by atoms with Crippen molar-refractivity contribution in [1.82, 2.24) is 9.78 Å². The summed E-state index contributed by atoms with van der Waals surface area (Å²) in [6, 6.07) is 15.1. The van der Waals surface area contributed by atoms with E-state index in [1.165, 1.54) is 40.6 Å². The summed E-state index contributed by atoms with van der Waals surface area (Å²) < 4.78 is 1.98. The number of hydrogen-bond donors (Lipinski definition) is 1. The van der Waals surface area contributed by atoms with Crippen molar-refractivity contribution < 1.29 is 0 Å². The van der Waals surface area contributed by atoms with Crippen LogP contribution >= 0.6 is 0 Å². The van der Waals surface area contributed by atoms with Gasteiger partial charge in [-0.2, -0.15) is 5.10 Å². The molecule has 4 rings (SSSR count). The zero-order valence-corrected chi connectivity index (χ0v) is 12.3. The highest BCUT2D eigenvalue weighted by molar-refractivity contribution is 5.82. The zero-order valence-electron chi connectivity index (χ0n) is 12.3. The van der Waals surface area contributed by atoms with Crippen molar-refractivity contribution in [1.29, 1.82) is 0 Å². The van der Waals surface area contributed by atoms with Gasteiger partial charge in [0.1, 0.15) is 0 Å². The molecule has 0 saturated carbocycles. The van der Waals surface area contributed by atoms with Gasteiger partial charge in [-0.05, 0) is 30.0 Å². The van der Waals surface area contributed by atoms with E-state index in [1.54, 1.807) is 0 Å². The lowest BCUT2D eigenvalue weighted by molar-refractivity contribution is 0.772. The van der Waals surface area contributed by atoms with E-state index < -0.39 is 0 Å². The Morgan fingerprint density at radius 1 is 1.14 bits per heavy atom. The molecule has 3 heteroatoms. The number of anilines is 1. The van der Waals surface area contributed by atoms with Gasteiger partial charge < -0.3 is 5.32 Å². The van der Waals surface area contributed by atoms with Crippen LogP contribution < -0.4 is 5.32 Å². The van der Waals surface area contributed by atoms with Gasteiger partial charge in [0, 0.05) is 31.1 Å². The average molecular weight is 277 g/mol. The fourth-order valence-electron chi connectivity index (χ4n) is 3.33. The van der Waals surface area contributed by atoms with Crippen molar-refractivity contribution in [2.45, 2.75) is 19.3 Å². The molecule has 1 aromatic heterocycles. The Balaban J connectivity index is 1.79. The van der Waals surface area contributed by atoms with E-state index in [2.05, 4.69) is 47.8 Å². The summed E-state index contributed by atoms with van der Waals surface area (Å²) in [6.45, 7) is 1.08. The van der Waals surface area contributed by atoms with Crippen molar-refractivity contribution in [3.8, 4) is 0 Å². The van der Waals surface area contributed by atoms with Gasteiger partial charge in [0.25, 0.3) is 0 Å². The second-order valence-corrected chi connectivity index (χ2v) is 5.75. The lowest BCUT2D eigenvalue weighted by Gasteiger charge is -2.21. The van der Waals surface area contributed by atoms with Crippen LogP contribution in [0.3, 0.4) is 0 Å². The number of benzene rings is 2. The standard InChI is InChI=1S/C18H19N3/c1-21-17-10-3-2-9-15(17)16(20-21)12-14-7-4-6-13-8-5-11-19-18(13)14/h2-4,6-7,9-10,19H,5,8,11-12H2,1H3. The molecule has 0 saturated heterocycles. The lowest BCUT2D eigenvalue weighted by atomic mass is 9.96. The molecule has 1 aliphatic rings. The maximum atomic E-state index is 4.72. The largest absolute Gasteiger partial charge is 0.385 e. The summed E-state index contributed by atoms with van der Waals surface area (Å²) in [6.07, 6.45) is 3.29. The van der Waals surface area contributed by atoms with Gasteiger partial charge in [0.2, 0.25) is 0 Å². The van der Waals surface area contributed by atoms with E-state index in [1.807, 2.05) is 11.7 Å². The first kappa shape index (κ1) is 12.5. The summed E-state index contributed by atoms with van der Waals surface area (Å²) in [7, 11) is 2.02. The van der Waals surface area contributed by atoms with Crippen LogP contribution in [0, 0.1) is 0 Å². The summed E-state index contributed by atoms with van der Waals surface area (Å²) in [5.41, 5.74) is 6.49. The van der Waals surface area contributed by atoms with Gasteiger partial charge in [-0.3, -0.25) is 4.68 Å². The van der Waals surface area contributed by atoms with E-state index >= 15 is 0 Å². The smallest absolute Gasteiger partial charge is 0.0747 e. The Labute approximate surface area is 124 Å². The van der Waals surface area contributed by atoms with Gasteiger partial charge in [-0.25, -0.2) is 0 Å². The molecule has 0 radical (unpaired) electrons. The Morgan fingerprint density at radius 3 is 3.00 bits per heavy atom. The number of nitrogens with zero attached hydrogens (tertiary/aromatic N) is 2. The Bertz CT molecular complexity index is 801. The van der Waals surface area contributed by atoms with E-state index in [0.29, 0.717) is 0 Å². The van der Waals surface area contributed by atoms with Gasteiger partial charge >= 0.3 is 0 Å². The first-order chi connectivity index (χ1) is 10.3. The third kappa shape index (κ3) is 2.09. The molecule has 21 heavy (non-hydrogen) atoms. The van der Waals surface area contributed by atoms with Gasteiger partial charge in [-0.1, -0.05) is 36.4 Å². The van der Waals surface area contributed by atoms with Crippen LogP contribution in [0.4, 0.5) is 5.69 Å². The minimum atomic E-state index is 0.886. The molecule has 0 spiro atoms. The number of aromatic nitrogens is 2. The highest BCUT2D eigenvalue weighted by Gasteiger charge is 2.15. The predicted molar refractivity (Wildman–Crippen MR) is 86.8 cm³/mol. The van der Waals surface area contributed by atoms with Crippen LogP contribution in [0.15, 0.2) is 42.5 Å². The van der Waals surface area contributed by atoms with Gasteiger partial charge in [0.15, 0.2) is 0 Å². The maximum absolute atomic E-state index is 4.72. The summed E-state index contributed by atoms with van der Waals surface area (Å²) in [5, 5.41) is 9.55. The molecule has 0 unspecified atom stereocenters. The van der Waals surface area contributed by atoms with E-state index in [-0.39, 0.29) is 0 Å². The van der Waals surface area contributed by atoms with Crippen molar-refractivity contribution >= 4 is 16.6 Å². The number of aryl methyl sites for hydroxylation is 2. The molecular weight excluding hydrogens is 258 g/mol. The molecule has 1 N–H and O–H groups in total. The molecule has 3 aromatic rings. The third-order valence-corrected chi connectivity index (χ3v) is 4.35. The molecule has 1 aliphatic heterocycles. The molecule has 2 heterocycles. The van der Waals surface area contributed by atoms with Crippen LogP contribution in [-0.4, -0.2) is 16.3 Å². The monoisotopic (exact) mass is 277 g/mol. The Morgan fingerprint density at radius 2 is 2.05 bits per heavy atom. The number of hydrogen-bond acceptors (Lipinski definition) is 2. The van der Waals surface area contributed by atoms with Crippen LogP contribution in [0.5, 0.6) is 0 Å². The Kier molecular flexibility index (Phi) is 2.92. The van der Waals surface area contributed by atoms with Crippen LogP contribution in [0.25, 0.3) is 10.9 Å². The fraction of sp³-hybridized carbons (Fsp3) is 0.278.